The molecular weight excluding hydrogens is 442 g/mol. The summed E-state index contributed by atoms with van der Waals surface area (Å²) in [4.78, 5) is 44.8. The van der Waals surface area contributed by atoms with Crippen molar-refractivity contribution in [3.63, 3.8) is 0 Å². The maximum atomic E-state index is 13.3. The summed E-state index contributed by atoms with van der Waals surface area (Å²) >= 11 is 0. The summed E-state index contributed by atoms with van der Waals surface area (Å²) in [7, 11) is 0. The average Bonchev–Trinajstić information content (AvgIpc) is 3.49. The zero-order valence-corrected chi connectivity index (χ0v) is 19.1. The Morgan fingerprint density at radius 3 is 2.29 bits per heavy atom. The normalized spacial score (nSPS) is 26.5. The number of carbonyl (C=O) groups excluding carboxylic acids is 1. The molecule has 2 saturated carbocycles. The Morgan fingerprint density at radius 1 is 1.03 bits per heavy atom. The minimum atomic E-state index is -2.62. The third-order valence-electron chi connectivity index (χ3n) is 7.75. The van der Waals surface area contributed by atoms with Crippen LogP contribution in [0, 0.1) is 17.8 Å². The largest absolute Gasteiger partial charge is 0.371 e. The molecule has 1 aromatic heterocycles. The monoisotopic (exact) mass is 472 g/mol. The number of piperazine rings is 1. The van der Waals surface area contributed by atoms with Crippen molar-refractivity contribution < 1.29 is 13.6 Å². The number of aromatic amines is 1. The second kappa shape index (κ2) is 8.67. The molecule has 1 amide bonds. The van der Waals surface area contributed by atoms with E-state index in [-0.39, 0.29) is 29.7 Å². The van der Waals surface area contributed by atoms with E-state index < -0.39 is 17.5 Å². The number of H-pyrrole nitrogens is 1. The Hall–Kier alpha value is -2.97. The van der Waals surface area contributed by atoms with Gasteiger partial charge in [-0.2, -0.15) is 0 Å². The molecule has 1 aromatic carbocycles. The van der Waals surface area contributed by atoms with Crippen LogP contribution in [0.2, 0.25) is 0 Å². The molecule has 1 atom stereocenters. The number of nitrogens with one attached hydrogen (secondary N) is 1. The molecule has 7 nitrogen and oxygen atoms in total. The molecular formula is C25H30F2N4O3. The van der Waals surface area contributed by atoms with Crippen LogP contribution < -0.4 is 11.2 Å². The summed E-state index contributed by atoms with van der Waals surface area (Å²) in [6.07, 6.45) is 2.90. The number of aromatic nitrogens is 2. The summed E-state index contributed by atoms with van der Waals surface area (Å²) < 4.78 is 28.0. The lowest BCUT2D eigenvalue weighted by Crippen LogP contribution is -2.50. The first kappa shape index (κ1) is 22.8. The molecule has 1 aliphatic heterocycles. The number of rotatable bonds is 5. The van der Waals surface area contributed by atoms with Crippen molar-refractivity contribution >= 4 is 16.8 Å². The summed E-state index contributed by atoms with van der Waals surface area (Å²) in [5, 5.41) is 0.498. The predicted molar refractivity (Wildman–Crippen MR) is 125 cm³/mol. The maximum absolute atomic E-state index is 13.3. The van der Waals surface area contributed by atoms with Crippen molar-refractivity contribution in [1.29, 1.82) is 0 Å². The molecule has 2 aliphatic carbocycles. The molecule has 1 unspecified atom stereocenters. The first-order chi connectivity index (χ1) is 16.2. The smallest absolute Gasteiger partial charge is 0.328 e. The molecule has 182 valence electrons. The Morgan fingerprint density at radius 2 is 1.65 bits per heavy atom. The van der Waals surface area contributed by atoms with Crippen LogP contribution in [0.4, 0.5) is 8.78 Å². The average molecular weight is 473 g/mol. The van der Waals surface area contributed by atoms with Crippen molar-refractivity contribution in [3.05, 3.63) is 57.4 Å². The van der Waals surface area contributed by atoms with E-state index in [4.69, 9.17) is 0 Å². The zero-order valence-electron chi connectivity index (χ0n) is 19.1. The molecule has 3 fully saturated rings. The first-order valence-corrected chi connectivity index (χ1v) is 12.1. The van der Waals surface area contributed by atoms with E-state index in [1.807, 2.05) is 9.80 Å². The number of allylic oxidation sites excluding steroid dienone is 1. The van der Waals surface area contributed by atoms with Crippen LogP contribution in [0.3, 0.4) is 0 Å². The lowest BCUT2D eigenvalue weighted by atomic mass is 9.81. The van der Waals surface area contributed by atoms with Gasteiger partial charge in [-0.05, 0) is 43.7 Å². The molecule has 2 heterocycles. The number of nitrogens with zero attached hydrogens (tertiary/aromatic N) is 3. The number of hydrogen-bond donors (Lipinski definition) is 1. The molecule has 2 aromatic rings. The van der Waals surface area contributed by atoms with Gasteiger partial charge in [0.1, 0.15) is 0 Å². The summed E-state index contributed by atoms with van der Waals surface area (Å²) in [5.74, 6) is -3.13. The van der Waals surface area contributed by atoms with Crippen LogP contribution in [0.1, 0.15) is 32.1 Å². The fourth-order valence-corrected chi connectivity index (χ4v) is 5.48. The van der Waals surface area contributed by atoms with Gasteiger partial charge in [0.25, 0.3) is 11.5 Å². The van der Waals surface area contributed by atoms with Crippen LogP contribution in [0.15, 0.2) is 46.1 Å². The van der Waals surface area contributed by atoms with Crippen LogP contribution in [0.25, 0.3) is 10.9 Å². The van der Waals surface area contributed by atoms with Gasteiger partial charge >= 0.3 is 5.69 Å². The van der Waals surface area contributed by atoms with E-state index in [2.05, 4.69) is 11.6 Å². The van der Waals surface area contributed by atoms with Crippen molar-refractivity contribution in [2.24, 2.45) is 17.8 Å². The second-order valence-corrected chi connectivity index (χ2v) is 9.93. The molecule has 0 bridgehead atoms. The molecule has 0 spiro atoms. The molecule has 0 radical (unpaired) electrons. The number of halogens is 2. The van der Waals surface area contributed by atoms with Gasteiger partial charge in [-0.25, -0.2) is 13.6 Å². The van der Waals surface area contributed by atoms with E-state index in [1.54, 1.807) is 24.3 Å². The fourth-order valence-electron chi connectivity index (χ4n) is 5.48. The first-order valence-electron chi connectivity index (χ1n) is 12.1. The highest BCUT2D eigenvalue weighted by Crippen LogP contribution is 2.53. The van der Waals surface area contributed by atoms with Gasteiger partial charge in [-0.3, -0.25) is 14.2 Å². The summed E-state index contributed by atoms with van der Waals surface area (Å²) in [6.45, 7) is 6.35. The zero-order chi connectivity index (χ0) is 24.0. The van der Waals surface area contributed by atoms with E-state index in [0.29, 0.717) is 49.3 Å². The topological polar surface area (TPSA) is 78.4 Å². The molecule has 1 N–H and O–H groups in total. The van der Waals surface area contributed by atoms with E-state index in [9.17, 15) is 23.2 Å². The van der Waals surface area contributed by atoms with E-state index in [1.165, 1.54) is 4.57 Å². The van der Waals surface area contributed by atoms with E-state index in [0.717, 1.165) is 25.7 Å². The number of para-hydroxylation sites is 1. The summed E-state index contributed by atoms with van der Waals surface area (Å²) in [5.41, 5.74) is 0.361. The summed E-state index contributed by atoms with van der Waals surface area (Å²) in [6, 6.07) is 6.99. The number of carbonyl (C=O) groups is 1. The molecule has 1 saturated heterocycles. The Kier molecular flexibility index (Phi) is 5.81. The van der Waals surface area contributed by atoms with E-state index >= 15 is 0 Å². The fraction of sp³-hybridized carbons (Fsp3) is 0.560. The number of benzene rings is 1. The van der Waals surface area contributed by atoms with Crippen molar-refractivity contribution in [2.75, 3.05) is 26.2 Å². The molecule has 3 aliphatic rings. The van der Waals surface area contributed by atoms with Gasteiger partial charge in [-0.1, -0.05) is 18.7 Å². The number of fused-ring (bicyclic) bond motifs is 1. The predicted octanol–water partition coefficient (Wildman–Crippen LogP) is 2.81. The van der Waals surface area contributed by atoms with Gasteiger partial charge in [0.15, 0.2) is 0 Å². The van der Waals surface area contributed by atoms with Crippen LogP contribution >= 0.6 is 0 Å². The highest BCUT2D eigenvalue weighted by molar-refractivity contribution is 5.79. The number of hydrogen-bond acceptors (Lipinski definition) is 4. The molecule has 34 heavy (non-hydrogen) atoms. The third kappa shape index (κ3) is 4.28. The third-order valence-corrected chi connectivity index (χ3v) is 7.75. The Labute approximate surface area is 196 Å². The highest BCUT2D eigenvalue weighted by atomic mass is 19.3. The molecule has 5 rings (SSSR count). The SMILES string of the molecule is C=C(C1CC1(F)F)N1CCN(C(=O)[C@H]2CC[C@H](Cn3c(=O)[nH]c4ccccc4c3=O)CC2)CC1. The minimum absolute atomic E-state index is 0.0645. The van der Waals surface area contributed by atoms with Gasteiger partial charge in [0, 0.05) is 50.8 Å². The number of amides is 1. The quantitative estimate of drug-likeness (QED) is 0.726. The van der Waals surface area contributed by atoms with Crippen molar-refractivity contribution in [1.82, 2.24) is 19.4 Å². The van der Waals surface area contributed by atoms with Gasteiger partial charge in [0.05, 0.1) is 16.8 Å². The second-order valence-electron chi connectivity index (χ2n) is 9.93. The van der Waals surface area contributed by atoms with Gasteiger partial charge < -0.3 is 14.8 Å². The van der Waals surface area contributed by atoms with Crippen LogP contribution in [-0.2, 0) is 11.3 Å². The Bertz CT molecular complexity index is 1220. The maximum Gasteiger partial charge on any atom is 0.328 e. The van der Waals surface area contributed by atoms with Gasteiger partial charge in [0.2, 0.25) is 5.91 Å². The molecule has 9 heteroatoms. The van der Waals surface area contributed by atoms with Crippen LogP contribution in [0.5, 0.6) is 0 Å². The van der Waals surface area contributed by atoms with Gasteiger partial charge in [-0.15, -0.1) is 0 Å². The Balaban J connectivity index is 1.14. The number of alkyl halides is 2. The van der Waals surface area contributed by atoms with Crippen molar-refractivity contribution in [2.45, 2.75) is 44.6 Å². The lowest BCUT2D eigenvalue weighted by Gasteiger charge is -2.39. The lowest BCUT2D eigenvalue weighted by molar-refractivity contribution is -0.138. The van der Waals surface area contributed by atoms with Crippen molar-refractivity contribution in [3.8, 4) is 0 Å². The highest BCUT2D eigenvalue weighted by Gasteiger charge is 2.59. The minimum Gasteiger partial charge on any atom is -0.371 e. The standard InChI is InChI=1S/C25H30F2N4O3/c1-16(20-14-25(20,26)27)29-10-12-30(13-11-29)22(32)18-8-6-17(7-9-18)15-31-23(33)19-4-2-3-5-21(19)28-24(31)34/h2-5,17-18,20H,1,6-15H2,(H,28,34)/t17-,18-,20?. The van der Waals surface area contributed by atoms with Crippen LogP contribution in [-0.4, -0.2) is 57.4 Å².